The predicted molar refractivity (Wildman–Crippen MR) is 115 cm³/mol. The molecule has 0 spiro atoms. The van der Waals surface area contributed by atoms with Gasteiger partial charge in [0, 0.05) is 25.6 Å². The summed E-state index contributed by atoms with van der Waals surface area (Å²) >= 11 is 0. The van der Waals surface area contributed by atoms with Gasteiger partial charge in [0.05, 0.1) is 33.5 Å². The number of furan rings is 1. The largest absolute Gasteiger partial charge is 0.493 e. The fourth-order valence-electron chi connectivity index (χ4n) is 3.88. The molecule has 1 fully saturated rings. The summed E-state index contributed by atoms with van der Waals surface area (Å²) in [4.78, 5) is 27.6. The normalized spacial score (nSPS) is 18.2. The third-order valence-electron chi connectivity index (χ3n) is 5.48. The maximum atomic E-state index is 13.1. The molecule has 1 aromatic heterocycles. The molecule has 1 saturated heterocycles. The smallest absolute Gasteiger partial charge is 0.289 e. The van der Waals surface area contributed by atoms with Gasteiger partial charge in [-0.05, 0) is 35.7 Å². The molecule has 0 unspecified atom stereocenters. The Morgan fingerprint density at radius 2 is 1.81 bits per heavy atom. The second-order valence-corrected chi connectivity index (χ2v) is 8.00. The molecule has 168 valence electrons. The number of ether oxygens (including phenoxy) is 3. The zero-order chi connectivity index (χ0) is 22.5. The second kappa shape index (κ2) is 9.76. The number of rotatable bonds is 8. The Labute approximate surface area is 182 Å². The lowest BCUT2D eigenvalue weighted by Crippen LogP contribution is -2.37. The molecule has 2 aromatic rings. The highest BCUT2D eigenvalue weighted by molar-refractivity contribution is 5.92. The molecular weight excluding hydrogens is 400 g/mol. The minimum atomic E-state index is -0.416. The number of hydrogen-bond acceptors (Lipinski definition) is 6. The van der Waals surface area contributed by atoms with E-state index in [4.69, 9.17) is 18.6 Å². The van der Waals surface area contributed by atoms with Crippen LogP contribution < -0.4 is 19.5 Å². The average molecular weight is 431 g/mol. The maximum absolute atomic E-state index is 13.1. The lowest BCUT2D eigenvalue weighted by atomic mass is 9.87. The molecule has 3 rings (SSSR count). The number of methoxy groups -OCH3 is 3. The fraction of sp³-hybridized carbons (Fsp3) is 0.478. The van der Waals surface area contributed by atoms with Crippen molar-refractivity contribution in [1.29, 1.82) is 0 Å². The number of nitrogens with one attached hydrogen (secondary N) is 1. The zero-order valence-corrected chi connectivity index (χ0v) is 18.6. The van der Waals surface area contributed by atoms with Gasteiger partial charge in [-0.1, -0.05) is 13.8 Å². The van der Waals surface area contributed by atoms with Crippen molar-refractivity contribution in [3.8, 4) is 17.2 Å². The number of carbonyl (C=O) groups is 2. The van der Waals surface area contributed by atoms with Crippen LogP contribution in [0.4, 0.5) is 0 Å². The van der Waals surface area contributed by atoms with Crippen molar-refractivity contribution in [1.82, 2.24) is 10.2 Å². The van der Waals surface area contributed by atoms with Gasteiger partial charge in [-0.3, -0.25) is 9.59 Å². The number of benzene rings is 1. The van der Waals surface area contributed by atoms with E-state index in [1.165, 1.54) is 6.26 Å². The van der Waals surface area contributed by atoms with Crippen LogP contribution in [-0.2, 0) is 4.79 Å². The minimum absolute atomic E-state index is 0.0813. The van der Waals surface area contributed by atoms with Crippen LogP contribution in [0.3, 0.4) is 0 Å². The van der Waals surface area contributed by atoms with Crippen LogP contribution >= 0.6 is 0 Å². The Hall–Kier alpha value is -3.16. The number of likely N-dealkylation sites (tertiary alicyclic amines) is 1. The molecule has 2 heterocycles. The van der Waals surface area contributed by atoms with Crippen molar-refractivity contribution >= 4 is 11.8 Å². The first-order valence-electron chi connectivity index (χ1n) is 10.3. The number of carbonyl (C=O) groups excluding carboxylic acids is 2. The lowest BCUT2D eigenvalue weighted by molar-refractivity contribution is -0.125. The van der Waals surface area contributed by atoms with Crippen LogP contribution in [0.15, 0.2) is 34.9 Å². The minimum Gasteiger partial charge on any atom is -0.493 e. The van der Waals surface area contributed by atoms with Gasteiger partial charge in [-0.25, -0.2) is 0 Å². The van der Waals surface area contributed by atoms with Crippen LogP contribution in [0.2, 0.25) is 0 Å². The predicted octanol–water partition coefficient (Wildman–Crippen LogP) is 2.93. The fourth-order valence-corrected chi connectivity index (χ4v) is 3.88. The van der Waals surface area contributed by atoms with Crippen LogP contribution in [0.25, 0.3) is 0 Å². The Bertz CT molecular complexity index is 884. The van der Waals surface area contributed by atoms with Gasteiger partial charge in [0.15, 0.2) is 17.3 Å². The quantitative estimate of drug-likeness (QED) is 0.693. The van der Waals surface area contributed by atoms with E-state index < -0.39 is 5.92 Å². The standard InChI is InChI=1S/C23H30N2O6/c1-14(2)11-24-22(26)17-13-25(23(27)18-7-6-8-31-18)12-16(17)15-9-19(28-3)21(30-5)20(10-15)29-4/h6-10,14,16-17H,11-13H2,1-5H3,(H,24,26)/t16-,17-/m0/s1. The Balaban J connectivity index is 1.96. The van der Waals surface area contributed by atoms with Gasteiger partial charge in [0.25, 0.3) is 5.91 Å². The van der Waals surface area contributed by atoms with E-state index in [-0.39, 0.29) is 23.5 Å². The van der Waals surface area contributed by atoms with Gasteiger partial charge in [0.2, 0.25) is 11.7 Å². The topological polar surface area (TPSA) is 90.2 Å². The molecule has 8 nitrogen and oxygen atoms in total. The molecular formula is C23H30N2O6. The molecule has 2 atom stereocenters. The average Bonchev–Trinajstić information content (AvgIpc) is 3.46. The molecule has 31 heavy (non-hydrogen) atoms. The second-order valence-electron chi connectivity index (χ2n) is 8.00. The molecule has 1 N–H and O–H groups in total. The van der Waals surface area contributed by atoms with Gasteiger partial charge in [0.1, 0.15) is 0 Å². The van der Waals surface area contributed by atoms with Crippen LogP contribution in [0.5, 0.6) is 17.2 Å². The summed E-state index contributed by atoms with van der Waals surface area (Å²) in [5.74, 6) is 1.11. The van der Waals surface area contributed by atoms with Crippen molar-refractivity contribution in [2.75, 3.05) is 41.0 Å². The Morgan fingerprint density at radius 3 is 2.32 bits per heavy atom. The summed E-state index contributed by atoms with van der Waals surface area (Å²) in [5, 5.41) is 3.01. The summed E-state index contributed by atoms with van der Waals surface area (Å²) in [6, 6.07) is 6.99. The highest BCUT2D eigenvalue weighted by atomic mass is 16.5. The molecule has 0 aliphatic carbocycles. The number of hydrogen-bond donors (Lipinski definition) is 1. The van der Waals surface area contributed by atoms with Gasteiger partial charge < -0.3 is 28.8 Å². The third kappa shape index (κ3) is 4.78. The highest BCUT2D eigenvalue weighted by Crippen LogP contribution is 2.43. The Morgan fingerprint density at radius 1 is 1.13 bits per heavy atom. The number of nitrogens with zero attached hydrogens (tertiary/aromatic N) is 1. The first kappa shape index (κ1) is 22.5. The number of amides is 2. The molecule has 0 bridgehead atoms. The van der Waals surface area contributed by atoms with E-state index in [9.17, 15) is 9.59 Å². The first-order chi connectivity index (χ1) is 14.9. The van der Waals surface area contributed by atoms with Gasteiger partial charge in [-0.2, -0.15) is 0 Å². The van der Waals surface area contributed by atoms with Crippen molar-refractivity contribution in [3.05, 3.63) is 41.9 Å². The van der Waals surface area contributed by atoms with E-state index in [1.807, 2.05) is 26.0 Å². The summed E-state index contributed by atoms with van der Waals surface area (Å²) < 4.78 is 21.7. The summed E-state index contributed by atoms with van der Waals surface area (Å²) in [7, 11) is 4.64. The maximum Gasteiger partial charge on any atom is 0.289 e. The van der Waals surface area contributed by atoms with Gasteiger partial charge in [-0.15, -0.1) is 0 Å². The molecule has 0 radical (unpaired) electrons. The monoisotopic (exact) mass is 430 g/mol. The van der Waals surface area contributed by atoms with Crippen molar-refractivity contribution in [2.24, 2.45) is 11.8 Å². The molecule has 2 amide bonds. The van der Waals surface area contributed by atoms with E-state index >= 15 is 0 Å². The molecule has 8 heteroatoms. The van der Waals surface area contributed by atoms with Crippen molar-refractivity contribution in [2.45, 2.75) is 19.8 Å². The van der Waals surface area contributed by atoms with Crippen molar-refractivity contribution in [3.63, 3.8) is 0 Å². The molecule has 0 saturated carbocycles. The molecule has 1 aliphatic heterocycles. The first-order valence-corrected chi connectivity index (χ1v) is 10.3. The van der Waals surface area contributed by atoms with E-state index in [0.29, 0.717) is 42.8 Å². The molecule has 1 aromatic carbocycles. The summed E-state index contributed by atoms with van der Waals surface area (Å²) in [6.45, 7) is 5.32. The summed E-state index contributed by atoms with van der Waals surface area (Å²) in [6.07, 6.45) is 1.47. The SMILES string of the molecule is COc1cc([C@@H]2CN(C(=O)c3ccco3)C[C@@H]2C(=O)NCC(C)C)cc(OC)c1OC. The van der Waals surface area contributed by atoms with E-state index in [0.717, 1.165) is 5.56 Å². The van der Waals surface area contributed by atoms with Crippen molar-refractivity contribution < 1.29 is 28.2 Å². The zero-order valence-electron chi connectivity index (χ0n) is 18.6. The Kier molecular flexibility index (Phi) is 7.09. The third-order valence-corrected chi connectivity index (χ3v) is 5.48. The van der Waals surface area contributed by atoms with E-state index in [2.05, 4.69) is 5.32 Å². The van der Waals surface area contributed by atoms with Gasteiger partial charge >= 0.3 is 0 Å². The lowest BCUT2D eigenvalue weighted by Gasteiger charge is -2.21. The summed E-state index contributed by atoms with van der Waals surface area (Å²) in [5.41, 5.74) is 0.842. The van der Waals surface area contributed by atoms with Crippen LogP contribution in [0.1, 0.15) is 35.9 Å². The van der Waals surface area contributed by atoms with Crippen LogP contribution in [-0.4, -0.2) is 57.7 Å². The molecule has 1 aliphatic rings. The van der Waals surface area contributed by atoms with Crippen LogP contribution in [0, 0.1) is 11.8 Å². The van der Waals surface area contributed by atoms with E-state index in [1.54, 1.807) is 38.4 Å². The highest BCUT2D eigenvalue weighted by Gasteiger charge is 2.41.